The summed E-state index contributed by atoms with van der Waals surface area (Å²) in [4.78, 5) is 0. The van der Waals surface area contributed by atoms with Gasteiger partial charge in [-0.25, -0.2) is 4.39 Å². The summed E-state index contributed by atoms with van der Waals surface area (Å²) in [5, 5.41) is 0. The van der Waals surface area contributed by atoms with Gasteiger partial charge in [0, 0.05) is 5.69 Å². The molecule has 0 aliphatic rings. The number of rotatable bonds is 0. The molecule has 0 radical (unpaired) electrons. The maximum Gasteiger partial charge on any atom is 0.148 e. The highest BCUT2D eigenvalue weighted by Gasteiger charge is 2.00. The molecular formula is C7H9FN2. The zero-order chi connectivity index (χ0) is 7.72. The Kier molecular flexibility index (Phi) is 1.49. The molecule has 1 rings (SSSR count). The Morgan fingerprint density at radius 1 is 1.30 bits per heavy atom. The van der Waals surface area contributed by atoms with Crippen LogP contribution >= 0.6 is 0 Å². The lowest BCUT2D eigenvalue weighted by Gasteiger charge is -2.01. The summed E-state index contributed by atoms with van der Waals surface area (Å²) in [6, 6.07) is 2.85. The van der Waals surface area contributed by atoms with E-state index in [1.807, 2.05) is 0 Å². The Hall–Kier alpha value is -1.25. The molecule has 0 atom stereocenters. The van der Waals surface area contributed by atoms with Crippen LogP contribution < -0.4 is 11.5 Å². The SMILES string of the molecule is Cc1cc(N)cc(F)c1N. The highest BCUT2D eigenvalue weighted by molar-refractivity contribution is 5.55. The third-order valence-corrected chi connectivity index (χ3v) is 1.36. The summed E-state index contributed by atoms with van der Waals surface area (Å²) in [5.41, 5.74) is 11.9. The molecule has 2 nitrogen and oxygen atoms in total. The van der Waals surface area contributed by atoms with Crippen molar-refractivity contribution in [1.82, 2.24) is 0 Å². The lowest BCUT2D eigenvalue weighted by Crippen LogP contribution is -1.96. The second-order valence-electron chi connectivity index (χ2n) is 2.23. The molecule has 0 saturated carbocycles. The number of benzene rings is 1. The molecule has 0 aliphatic carbocycles. The maximum atomic E-state index is 12.6. The Morgan fingerprint density at radius 3 is 2.40 bits per heavy atom. The molecular weight excluding hydrogens is 131 g/mol. The number of hydrogen-bond acceptors (Lipinski definition) is 2. The highest BCUT2D eigenvalue weighted by Crippen LogP contribution is 2.18. The van der Waals surface area contributed by atoms with Crippen molar-refractivity contribution in [2.24, 2.45) is 0 Å². The molecule has 4 N–H and O–H groups in total. The van der Waals surface area contributed by atoms with Crippen molar-refractivity contribution in [3.8, 4) is 0 Å². The van der Waals surface area contributed by atoms with E-state index in [-0.39, 0.29) is 5.69 Å². The third-order valence-electron chi connectivity index (χ3n) is 1.36. The molecule has 0 bridgehead atoms. The number of nitrogen functional groups attached to an aromatic ring is 2. The molecule has 0 aromatic heterocycles. The monoisotopic (exact) mass is 140 g/mol. The highest BCUT2D eigenvalue weighted by atomic mass is 19.1. The van der Waals surface area contributed by atoms with E-state index in [9.17, 15) is 4.39 Å². The number of anilines is 2. The van der Waals surface area contributed by atoms with E-state index >= 15 is 0 Å². The second kappa shape index (κ2) is 2.17. The van der Waals surface area contributed by atoms with Crippen molar-refractivity contribution < 1.29 is 4.39 Å². The molecule has 10 heavy (non-hydrogen) atoms. The Balaban J connectivity index is 3.31. The smallest absolute Gasteiger partial charge is 0.148 e. The van der Waals surface area contributed by atoms with Crippen molar-refractivity contribution >= 4 is 11.4 Å². The van der Waals surface area contributed by atoms with Crippen LogP contribution in [0.2, 0.25) is 0 Å². The number of nitrogens with two attached hydrogens (primary N) is 2. The van der Waals surface area contributed by atoms with E-state index in [1.165, 1.54) is 6.07 Å². The van der Waals surface area contributed by atoms with Gasteiger partial charge in [0.15, 0.2) is 0 Å². The van der Waals surface area contributed by atoms with Gasteiger partial charge in [-0.05, 0) is 24.6 Å². The normalized spacial score (nSPS) is 9.80. The molecule has 0 saturated heterocycles. The Bertz CT molecular complexity index is 235. The van der Waals surface area contributed by atoms with Gasteiger partial charge in [0.2, 0.25) is 0 Å². The van der Waals surface area contributed by atoms with Crippen molar-refractivity contribution in [3.05, 3.63) is 23.5 Å². The standard InChI is InChI=1S/C7H9FN2/c1-4-2-5(9)3-6(8)7(4)10/h2-3H,9-10H2,1H3. The van der Waals surface area contributed by atoms with E-state index < -0.39 is 5.82 Å². The maximum absolute atomic E-state index is 12.6. The minimum atomic E-state index is -0.447. The van der Waals surface area contributed by atoms with Crippen LogP contribution in [0.1, 0.15) is 5.56 Å². The predicted molar refractivity (Wildman–Crippen MR) is 40.0 cm³/mol. The topological polar surface area (TPSA) is 52.0 Å². The van der Waals surface area contributed by atoms with Gasteiger partial charge in [0.1, 0.15) is 5.82 Å². The number of aryl methyl sites for hydroxylation is 1. The fraction of sp³-hybridized carbons (Fsp3) is 0.143. The van der Waals surface area contributed by atoms with Gasteiger partial charge in [-0.2, -0.15) is 0 Å². The third kappa shape index (κ3) is 1.03. The Labute approximate surface area is 58.6 Å². The Morgan fingerprint density at radius 2 is 1.90 bits per heavy atom. The minimum absolute atomic E-state index is 0.175. The second-order valence-corrected chi connectivity index (χ2v) is 2.23. The van der Waals surface area contributed by atoms with Gasteiger partial charge >= 0.3 is 0 Å². The zero-order valence-corrected chi connectivity index (χ0v) is 5.69. The summed E-state index contributed by atoms with van der Waals surface area (Å²) in [6.45, 7) is 1.72. The van der Waals surface area contributed by atoms with Gasteiger partial charge in [-0.1, -0.05) is 0 Å². The number of halogens is 1. The average molecular weight is 140 g/mol. The zero-order valence-electron chi connectivity index (χ0n) is 5.69. The first-order valence-corrected chi connectivity index (χ1v) is 2.92. The lowest BCUT2D eigenvalue weighted by atomic mass is 10.2. The molecule has 1 aromatic carbocycles. The fourth-order valence-corrected chi connectivity index (χ4v) is 0.782. The molecule has 54 valence electrons. The average Bonchev–Trinajstić information content (AvgIpc) is 1.82. The summed E-state index contributed by atoms with van der Waals surface area (Å²) in [5.74, 6) is -0.447. The van der Waals surface area contributed by atoms with E-state index in [0.717, 1.165) is 0 Å². The van der Waals surface area contributed by atoms with Crippen molar-refractivity contribution in [3.63, 3.8) is 0 Å². The van der Waals surface area contributed by atoms with Gasteiger partial charge in [-0.3, -0.25) is 0 Å². The van der Waals surface area contributed by atoms with E-state index in [0.29, 0.717) is 11.3 Å². The van der Waals surface area contributed by atoms with E-state index in [1.54, 1.807) is 13.0 Å². The predicted octanol–water partition coefficient (Wildman–Crippen LogP) is 1.30. The lowest BCUT2D eigenvalue weighted by molar-refractivity contribution is 0.632. The molecule has 0 heterocycles. The number of hydrogen-bond donors (Lipinski definition) is 2. The van der Waals surface area contributed by atoms with E-state index in [4.69, 9.17) is 11.5 Å². The summed E-state index contributed by atoms with van der Waals surface area (Å²) >= 11 is 0. The summed E-state index contributed by atoms with van der Waals surface area (Å²) in [6.07, 6.45) is 0. The quantitative estimate of drug-likeness (QED) is 0.533. The van der Waals surface area contributed by atoms with Crippen LogP contribution in [-0.4, -0.2) is 0 Å². The van der Waals surface area contributed by atoms with Crippen LogP contribution in [0.3, 0.4) is 0 Å². The van der Waals surface area contributed by atoms with Crippen LogP contribution in [0.15, 0.2) is 12.1 Å². The van der Waals surface area contributed by atoms with Crippen LogP contribution in [0.5, 0.6) is 0 Å². The van der Waals surface area contributed by atoms with Gasteiger partial charge in [-0.15, -0.1) is 0 Å². The van der Waals surface area contributed by atoms with Crippen LogP contribution in [0.4, 0.5) is 15.8 Å². The van der Waals surface area contributed by atoms with Gasteiger partial charge < -0.3 is 11.5 Å². The van der Waals surface area contributed by atoms with Gasteiger partial charge in [0.25, 0.3) is 0 Å². The molecule has 0 amide bonds. The molecule has 1 aromatic rings. The summed E-state index contributed by atoms with van der Waals surface area (Å²) < 4.78 is 12.6. The molecule has 0 spiro atoms. The van der Waals surface area contributed by atoms with Crippen molar-refractivity contribution in [2.45, 2.75) is 6.92 Å². The largest absolute Gasteiger partial charge is 0.399 e. The van der Waals surface area contributed by atoms with E-state index in [2.05, 4.69) is 0 Å². The molecule has 0 aliphatic heterocycles. The van der Waals surface area contributed by atoms with Crippen LogP contribution in [-0.2, 0) is 0 Å². The summed E-state index contributed by atoms with van der Waals surface area (Å²) in [7, 11) is 0. The van der Waals surface area contributed by atoms with Crippen LogP contribution in [0, 0.1) is 12.7 Å². The van der Waals surface area contributed by atoms with Crippen molar-refractivity contribution in [1.29, 1.82) is 0 Å². The first-order chi connectivity index (χ1) is 4.61. The minimum Gasteiger partial charge on any atom is -0.399 e. The fourth-order valence-electron chi connectivity index (χ4n) is 0.782. The molecule has 3 heteroatoms. The van der Waals surface area contributed by atoms with Gasteiger partial charge in [0.05, 0.1) is 5.69 Å². The molecule has 0 fully saturated rings. The first-order valence-electron chi connectivity index (χ1n) is 2.92. The first kappa shape index (κ1) is 6.86. The van der Waals surface area contributed by atoms with Crippen LogP contribution in [0.25, 0.3) is 0 Å². The van der Waals surface area contributed by atoms with Crippen molar-refractivity contribution in [2.75, 3.05) is 11.5 Å². The molecule has 0 unspecified atom stereocenters.